The van der Waals surface area contributed by atoms with Crippen LogP contribution in [0.2, 0.25) is 0 Å². The average molecular weight is 253 g/mol. The zero-order chi connectivity index (χ0) is 13.8. The van der Waals surface area contributed by atoms with Crippen molar-refractivity contribution in [3.05, 3.63) is 17.5 Å². The Hall–Kier alpha value is -0.870. The SMILES string of the molecule is COCCC(C)NCc1cn(C)nc1C(C)(C)C. The van der Waals surface area contributed by atoms with Gasteiger partial charge in [0.25, 0.3) is 0 Å². The van der Waals surface area contributed by atoms with Crippen molar-refractivity contribution in [2.24, 2.45) is 7.05 Å². The highest BCUT2D eigenvalue weighted by atomic mass is 16.5. The quantitative estimate of drug-likeness (QED) is 0.845. The summed E-state index contributed by atoms with van der Waals surface area (Å²) in [6, 6.07) is 0.456. The van der Waals surface area contributed by atoms with Crippen molar-refractivity contribution in [3.8, 4) is 0 Å². The van der Waals surface area contributed by atoms with Crippen LogP contribution in [-0.2, 0) is 23.7 Å². The number of rotatable bonds is 6. The number of aryl methyl sites for hydroxylation is 1. The van der Waals surface area contributed by atoms with Gasteiger partial charge in [0.05, 0.1) is 5.69 Å². The molecule has 1 N–H and O–H groups in total. The Morgan fingerprint density at radius 1 is 1.44 bits per heavy atom. The monoisotopic (exact) mass is 253 g/mol. The molecule has 0 bridgehead atoms. The van der Waals surface area contributed by atoms with E-state index in [1.54, 1.807) is 7.11 Å². The Kier molecular flexibility index (Phi) is 5.35. The van der Waals surface area contributed by atoms with Crippen LogP contribution in [0, 0.1) is 0 Å². The first-order chi connectivity index (χ1) is 8.34. The molecule has 1 heterocycles. The standard InChI is InChI=1S/C14H27N3O/c1-11(7-8-18-6)15-9-12-10-17(5)16-13(12)14(2,3)4/h10-11,15H,7-9H2,1-6H3. The van der Waals surface area contributed by atoms with Crippen LogP contribution in [-0.4, -0.2) is 29.5 Å². The van der Waals surface area contributed by atoms with Crippen molar-refractivity contribution in [2.45, 2.75) is 52.1 Å². The molecule has 1 atom stereocenters. The van der Waals surface area contributed by atoms with E-state index in [0.717, 1.165) is 19.6 Å². The highest BCUT2D eigenvalue weighted by molar-refractivity contribution is 5.23. The van der Waals surface area contributed by atoms with E-state index in [2.05, 4.69) is 44.3 Å². The Labute approximate surface area is 111 Å². The average Bonchev–Trinajstić information content (AvgIpc) is 2.65. The molecule has 1 unspecified atom stereocenters. The second kappa shape index (κ2) is 6.34. The summed E-state index contributed by atoms with van der Waals surface area (Å²) in [6.07, 6.45) is 3.14. The number of methoxy groups -OCH3 is 1. The molecule has 1 aromatic heterocycles. The predicted octanol–water partition coefficient (Wildman–Crippen LogP) is 2.23. The van der Waals surface area contributed by atoms with Gasteiger partial charge >= 0.3 is 0 Å². The third kappa shape index (κ3) is 4.42. The lowest BCUT2D eigenvalue weighted by Gasteiger charge is -2.19. The largest absolute Gasteiger partial charge is 0.385 e. The lowest BCUT2D eigenvalue weighted by molar-refractivity contribution is 0.184. The summed E-state index contributed by atoms with van der Waals surface area (Å²) in [7, 11) is 3.72. The number of hydrogen-bond donors (Lipinski definition) is 1. The van der Waals surface area contributed by atoms with Gasteiger partial charge in [-0.25, -0.2) is 0 Å². The molecule has 4 heteroatoms. The summed E-state index contributed by atoms with van der Waals surface area (Å²) in [4.78, 5) is 0. The minimum Gasteiger partial charge on any atom is -0.385 e. The highest BCUT2D eigenvalue weighted by Crippen LogP contribution is 2.24. The van der Waals surface area contributed by atoms with Gasteiger partial charge in [-0.2, -0.15) is 5.10 Å². The third-order valence-corrected chi connectivity index (χ3v) is 3.01. The maximum Gasteiger partial charge on any atom is 0.0722 e. The van der Waals surface area contributed by atoms with Crippen molar-refractivity contribution in [2.75, 3.05) is 13.7 Å². The Morgan fingerprint density at radius 3 is 2.67 bits per heavy atom. The zero-order valence-corrected chi connectivity index (χ0v) is 12.6. The van der Waals surface area contributed by atoms with Crippen molar-refractivity contribution >= 4 is 0 Å². The molecule has 104 valence electrons. The van der Waals surface area contributed by atoms with Crippen LogP contribution in [0.15, 0.2) is 6.20 Å². The van der Waals surface area contributed by atoms with Crippen molar-refractivity contribution in [1.82, 2.24) is 15.1 Å². The van der Waals surface area contributed by atoms with E-state index in [1.807, 2.05) is 11.7 Å². The number of ether oxygens (including phenoxy) is 1. The molecule has 0 aliphatic carbocycles. The van der Waals surface area contributed by atoms with Crippen molar-refractivity contribution in [1.29, 1.82) is 0 Å². The van der Waals surface area contributed by atoms with E-state index in [9.17, 15) is 0 Å². The minimum atomic E-state index is 0.0913. The molecular weight excluding hydrogens is 226 g/mol. The molecule has 0 fully saturated rings. The first-order valence-corrected chi connectivity index (χ1v) is 6.60. The molecule has 0 radical (unpaired) electrons. The van der Waals surface area contributed by atoms with Crippen LogP contribution in [0.1, 0.15) is 45.4 Å². The molecule has 1 rings (SSSR count). The van der Waals surface area contributed by atoms with Gasteiger partial charge in [-0.1, -0.05) is 20.8 Å². The maximum atomic E-state index is 5.09. The maximum absolute atomic E-state index is 5.09. The molecule has 4 nitrogen and oxygen atoms in total. The van der Waals surface area contributed by atoms with Gasteiger partial charge in [0.2, 0.25) is 0 Å². The van der Waals surface area contributed by atoms with E-state index in [4.69, 9.17) is 4.74 Å². The first kappa shape index (κ1) is 15.2. The van der Waals surface area contributed by atoms with E-state index >= 15 is 0 Å². The summed E-state index contributed by atoms with van der Waals surface area (Å²) in [5.41, 5.74) is 2.55. The van der Waals surface area contributed by atoms with E-state index in [-0.39, 0.29) is 5.41 Å². The van der Waals surface area contributed by atoms with Gasteiger partial charge in [-0.05, 0) is 13.3 Å². The molecule has 0 spiro atoms. The van der Waals surface area contributed by atoms with Gasteiger partial charge < -0.3 is 10.1 Å². The normalized spacial score (nSPS) is 13.9. The fourth-order valence-electron chi connectivity index (χ4n) is 1.98. The molecule has 0 amide bonds. The fourth-order valence-corrected chi connectivity index (χ4v) is 1.98. The van der Waals surface area contributed by atoms with Gasteiger partial charge in [-0.3, -0.25) is 4.68 Å². The third-order valence-electron chi connectivity index (χ3n) is 3.01. The lowest BCUT2D eigenvalue weighted by Crippen LogP contribution is -2.28. The summed E-state index contributed by atoms with van der Waals surface area (Å²) >= 11 is 0. The molecule has 0 aromatic carbocycles. The Balaban J connectivity index is 2.62. The fraction of sp³-hybridized carbons (Fsp3) is 0.786. The molecule has 18 heavy (non-hydrogen) atoms. The van der Waals surface area contributed by atoms with Crippen LogP contribution in [0.3, 0.4) is 0 Å². The van der Waals surface area contributed by atoms with E-state index in [0.29, 0.717) is 6.04 Å². The molecule has 0 aliphatic heterocycles. The van der Waals surface area contributed by atoms with Crippen LogP contribution < -0.4 is 5.32 Å². The zero-order valence-electron chi connectivity index (χ0n) is 12.6. The van der Waals surface area contributed by atoms with Crippen LogP contribution in [0.5, 0.6) is 0 Å². The minimum absolute atomic E-state index is 0.0913. The van der Waals surface area contributed by atoms with Crippen LogP contribution in [0.4, 0.5) is 0 Å². The van der Waals surface area contributed by atoms with E-state index in [1.165, 1.54) is 11.3 Å². The predicted molar refractivity (Wildman–Crippen MR) is 74.7 cm³/mol. The van der Waals surface area contributed by atoms with E-state index < -0.39 is 0 Å². The van der Waals surface area contributed by atoms with Gasteiger partial charge in [0.1, 0.15) is 0 Å². The molecule has 0 aliphatic rings. The number of nitrogens with one attached hydrogen (secondary N) is 1. The van der Waals surface area contributed by atoms with Gasteiger partial charge in [-0.15, -0.1) is 0 Å². The van der Waals surface area contributed by atoms with Crippen molar-refractivity contribution in [3.63, 3.8) is 0 Å². The number of hydrogen-bond acceptors (Lipinski definition) is 3. The molecule has 0 saturated heterocycles. The molecule has 0 saturated carbocycles. The summed E-state index contributed by atoms with van der Waals surface area (Å²) < 4.78 is 6.99. The van der Waals surface area contributed by atoms with Crippen molar-refractivity contribution < 1.29 is 4.74 Å². The van der Waals surface area contributed by atoms with Gasteiger partial charge in [0.15, 0.2) is 0 Å². The second-order valence-electron chi connectivity index (χ2n) is 5.99. The summed E-state index contributed by atoms with van der Waals surface area (Å²) in [5, 5.41) is 8.10. The first-order valence-electron chi connectivity index (χ1n) is 6.60. The number of nitrogens with zero attached hydrogens (tertiary/aromatic N) is 2. The van der Waals surface area contributed by atoms with Gasteiger partial charge in [0, 0.05) is 50.5 Å². The second-order valence-corrected chi connectivity index (χ2v) is 5.99. The highest BCUT2D eigenvalue weighted by Gasteiger charge is 2.21. The Morgan fingerprint density at radius 2 is 2.11 bits per heavy atom. The summed E-state index contributed by atoms with van der Waals surface area (Å²) in [5.74, 6) is 0. The number of aromatic nitrogens is 2. The molecule has 1 aromatic rings. The smallest absolute Gasteiger partial charge is 0.0722 e. The van der Waals surface area contributed by atoms with Crippen LogP contribution >= 0.6 is 0 Å². The van der Waals surface area contributed by atoms with Crippen LogP contribution in [0.25, 0.3) is 0 Å². The Bertz CT molecular complexity index is 366. The summed E-state index contributed by atoms with van der Waals surface area (Å²) in [6.45, 7) is 10.5. The molecular formula is C14H27N3O. The lowest BCUT2D eigenvalue weighted by atomic mass is 9.89. The topological polar surface area (TPSA) is 39.1 Å².